The maximum Gasteiger partial charge on any atom is 0.337 e. The first-order valence-corrected chi connectivity index (χ1v) is 9.89. The Balaban J connectivity index is 2.06. The molecule has 0 aliphatic carbocycles. The van der Waals surface area contributed by atoms with E-state index in [2.05, 4.69) is 15.5 Å². The number of hydrogen-bond donors (Lipinski definition) is 4. The summed E-state index contributed by atoms with van der Waals surface area (Å²) >= 11 is 0. The standard InChI is InChI=1S/C22H27N3O5/c1-15(21(28)23-12-6-2-3-7-13-26)18-14-16(10-11-20(18)27)24-25-19-9-5-4-8-17(19)22(29)30/h4-5,8-11,14-15,26-27H,2-3,6-7,12-13H2,1H3,(H,23,28)(H,29,30). The second-order valence-electron chi connectivity index (χ2n) is 6.92. The van der Waals surface area contributed by atoms with Gasteiger partial charge in [0, 0.05) is 18.7 Å². The molecular formula is C22H27N3O5. The van der Waals surface area contributed by atoms with Crippen LogP contribution in [0.5, 0.6) is 5.75 Å². The monoisotopic (exact) mass is 413 g/mol. The molecule has 8 nitrogen and oxygen atoms in total. The number of aliphatic hydroxyl groups excluding tert-OH is 1. The highest BCUT2D eigenvalue weighted by Crippen LogP contribution is 2.31. The smallest absolute Gasteiger partial charge is 0.337 e. The third-order valence-corrected chi connectivity index (χ3v) is 4.66. The molecule has 0 aliphatic heterocycles. The van der Waals surface area contributed by atoms with E-state index < -0.39 is 11.9 Å². The highest BCUT2D eigenvalue weighted by atomic mass is 16.4. The first-order chi connectivity index (χ1) is 14.4. The summed E-state index contributed by atoms with van der Waals surface area (Å²) in [7, 11) is 0. The molecular weight excluding hydrogens is 386 g/mol. The number of carbonyl (C=O) groups is 2. The zero-order valence-corrected chi connectivity index (χ0v) is 16.9. The van der Waals surface area contributed by atoms with Crippen LogP contribution >= 0.6 is 0 Å². The predicted molar refractivity (Wildman–Crippen MR) is 113 cm³/mol. The van der Waals surface area contributed by atoms with Crippen LogP contribution in [0, 0.1) is 0 Å². The van der Waals surface area contributed by atoms with Crippen LogP contribution in [0.3, 0.4) is 0 Å². The first kappa shape index (κ1) is 23.0. The number of azo groups is 1. The number of carbonyl (C=O) groups excluding carboxylic acids is 1. The number of carboxylic acid groups (broad SMARTS) is 1. The lowest BCUT2D eigenvalue weighted by Crippen LogP contribution is -2.28. The van der Waals surface area contributed by atoms with Crippen molar-refractivity contribution in [3.63, 3.8) is 0 Å². The Hall–Kier alpha value is -3.26. The van der Waals surface area contributed by atoms with Gasteiger partial charge in [-0.3, -0.25) is 4.79 Å². The molecule has 0 spiro atoms. The minimum atomic E-state index is -1.10. The zero-order valence-electron chi connectivity index (χ0n) is 16.9. The van der Waals surface area contributed by atoms with Gasteiger partial charge in [-0.2, -0.15) is 5.11 Å². The number of nitrogens with zero attached hydrogens (tertiary/aromatic N) is 2. The van der Waals surface area contributed by atoms with Crippen molar-refractivity contribution in [2.45, 2.75) is 38.5 Å². The van der Waals surface area contributed by atoms with E-state index in [-0.39, 0.29) is 29.5 Å². The molecule has 0 aliphatic rings. The van der Waals surface area contributed by atoms with Crippen molar-refractivity contribution in [2.75, 3.05) is 13.2 Å². The van der Waals surface area contributed by atoms with Crippen molar-refractivity contribution in [1.29, 1.82) is 0 Å². The number of rotatable bonds is 11. The van der Waals surface area contributed by atoms with Crippen LogP contribution in [0.2, 0.25) is 0 Å². The summed E-state index contributed by atoms with van der Waals surface area (Å²) in [5, 5.41) is 39.1. The topological polar surface area (TPSA) is 132 Å². The average molecular weight is 413 g/mol. The molecule has 2 aromatic rings. The zero-order chi connectivity index (χ0) is 21.9. The summed E-state index contributed by atoms with van der Waals surface area (Å²) in [6.45, 7) is 2.40. The van der Waals surface area contributed by atoms with Crippen molar-refractivity contribution in [3.05, 3.63) is 53.6 Å². The van der Waals surface area contributed by atoms with Crippen molar-refractivity contribution >= 4 is 23.3 Å². The molecule has 0 radical (unpaired) electrons. The molecule has 2 aromatic carbocycles. The van der Waals surface area contributed by atoms with Crippen LogP contribution < -0.4 is 5.32 Å². The van der Waals surface area contributed by atoms with Crippen LogP contribution in [0.25, 0.3) is 0 Å². The number of benzene rings is 2. The van der Waals surface area contributed by atoms with Gasteiger partial charge in [0.05, 0.1) is 17.2 Å². The summed E-state index contributed by atoms with van der Waals surface area (Å²) in [6.07, 6.45) is 3.42. The van der Waals surface area contributed by atoms with E-state index in [0.717, 1.165) is 25.7 Å². The minimum Gasteiger partial charge on any atom is -0.508 e. The van der Waals surface area contributed by atoms with Gasteiger partial charge in [0.2, 0.25) is 5.91 Å². The van der Waals surface area contributed by atoms with Crippen LogP contribution in [0.15, 0.2) is 52.7 Å². The molecule has 2 rings (SSSR count). The highest BCUT2D eigenvalue weighted by molar-refractivity contribution is 5.93. The van der Waals surface area contributed by atoms with Crippen LogP contribution in [0.1, 0.15) is 54.4 Å². The Bertz CT molecular complexity index is 898. The number of phenolic OH excluding ortho intramolecular Hbond substituents is 1. The Morgan fingerprint density at radius 1 is 1.03 bits per heavy atom. The predicted octanol–water partition coefficient (Wildman–Crippen LogP) is 4.28. The summed E-state index contributed by atoms with van der Waals surface area (Å²) in [6, 6.07) is 10.8. The molecule has 30 heavy (non-hydrogen) atoms. The summed E-state index contributed by atoms with van der Waals surface area (Å²) in [5.41, 5.74) is 1.06. The summed E-state index contributed by atoms with van der Waals surface area (Å²) < 4.78 is 0. The Kier molecular flexibility index (Phi) is 8.96. The lowest BCUT2D eigenvalue weighted by molar-refractivity contribution is -0.122. The fourth-order valence-corrected chi connectivity index (χ4v) is 2.90. The van der Waals surface area contributed by atoms with E-state index in [0.29, 0.717) is 17.8 Å². The quantitative estimate of drug-likeness (QED) is 0.322. The summed E-state index contributed by atoms with van der Waals surface area (Å²) in [4.78, 5) is 23.7. The van der Waals surface area contributed by atoms with Gasteiger partial charge in [0.1, 0.15) is 11.4 Å². The second kappa shape index (κ2) is 11.7. The maximum absolute atomic E-state index is 12.4. The third-order valence-electron chi connectivity index (χ3n) is 4.66. The largest absolute Gasteiger partial charge is 0.508 e. The van der Waals surface area contributed by atoms with Crippen molar-refractivity contribution in [3.8, 4) is 5.75 Å². The van der Waals surface area contributed by atoms with Crippen LogP contribution in [-0.2, 0) is 4.79 Å². The molecule has 0 bridgehead atoms. The van der Waals surface area contributed by atoms with Crippen molar-refractivity contribution in [1.82, 2.24) is 5.32 Å². The molecule has 1 amide bonds. The van der Waals surface area contributed by atoms with E-state index >= 15 is 0 Å². The number of nitrogens with one attached hydrogen (secondary N) is 1. The molecule has 0 aromatic heterocycles. The molecule has 1 atom stereocenters. The van der Waals surface area contributed by atoms with Gasteiger partial charge in [0.15, 0.2) is 0 Å². The van der Waals surface area contributed by atoms with E-state index in [4.69, 9.17) is 5.11 Å². The maximum atomic E-state index is 12.4. The van der Waals surface area contributed by atoms with Crippen LogP contribution in [-0.4, -0.2) is 40.3 Å². The van der Waals surface area contributed by atoms with Gasteiger partial charge < -0.3 is 20.6 Å². The Morgan fingerprint density at radius 3 is 2.50 bits per heavy atom. The molecule has 0 saturated heterocycles. The molecule has 160 valence electrons. The van der Waals surface area contributed by atoms with Gasteiger partial charge in [0.25, 0.3) is 0 Å². The van der Waals surface area contributed by atoms with Crippen molar-refractivity contribution < 1.29 is 24.9 Å². The Labute approximate surface area is 175 Å². The first-order valence-electron chi connectivity index (χ1n) is 9.89. The van der Waals surface area contributed by atoms with Gasteiger partial charge in [-0.1, -0.05) is 25.0 Å². The van der Waals surface area contributed by atoms with Gasteiger partial charge >= 0.3 is 5.97 Å². The number of carboxylic acids is 1. The second-order valence-corrected chi connectivity index (χ2v) is 6.92. The molecule has 0 saturated carbocycles. The Morgan fingerprint density at radius 2 is 1.77 bits per heavy atom. The number of amides is 1. The molecule has 1 unspecified atom stereocenters. The lowest BCUT2D eigenvalue weighted by atomic mass is 9.98. The van der Waals surface area contributed by atoms with Gasteiger partial charge in [-0.15, -0.1) is 5.11 Å². The van der Waals surface area contributed by atoms with E-state index in [1.54, 1.807) is 31.2 Å². The fraction of sp³-hybridized carbons (Fsp3) is 0.364. The number of phenols is 1. The highest BCUT2D eigenvalue weighted by Gasteiger charge is 2.19. The molecule has 8 heteroatoms. The molecule has 4 N–H and O–H groups in total. The lowest BCUT2D eigenvalue weighted by Gasteiger charge is -2.14. The normalized spacial score (nSPS) is 12.1. The summed E-state index contributed by atoms with van der Waals surface area (Å²) in [5.74, 6) is -1.93. The SMILES string of the molecule is CC(C(=O)NCCCCCCO)c1cc(N=Nc2ccccc2C(=O)O)ccc1O. The van der Waals surface area contributed by atoms with E-state index in [9.17, 15) is 19.8 Å². The number of aliphatic hydroxyl groups is 1. The fourth-order valence-electron chi connectivity index (χ4n) is 2.90. The molecule has 0 fully saturated rings. The van der Waals surface area contributed by atoms with E-state index in [1.165, 1.54) is 18.2 Å². The van der Waals surface area contributed by atoms with Gasteiger partial charge in [-0.25, -0.2) is 4.79 Å². The van der Waals surface area contributed by atoms with E-state index in [1.807, 2.05) is 0 Å². The van der Waals surface area contributed by atoms with Gasteiger partial charge in [-0.05, 0) is 50.1 Å². The number of hydrogen-bond acceptors (Lipinski definition) is 6. The third kappa shape index (κ3) is 6.66. The molecule has 0 heterocycles. The van der Waals surface area contributed by atoms with Crippen LogP contribution in [0.4, 0.5) is 11.4 Å². The van der Waals surface area contributed by atoms with Crippen molar-refractivity contribution in [2.24, 2.45) is 10.2 Å². The minimum absolute atomic E-state index is 0.0227. The average Bonchev–Trinajstić information content (AvgIpc) is 2.75. The number of aromatic carboxylic acids is 1. The number of aromatic hydroxyl groups is 1. The number of unbranched alkanes of at least 4 members (excludes halogenated alkanes) is 3.